The molecule has 2 N–H and O–H groups in total. The third-order valence-electron chi connectivity index (χ3n) is 3.25. The van der Waals surface area contributed by atoms with E-state index < -0.39 is 0 Å². The van der Waals surface area contributed by atoms with Gasteiger partial charge in [0, 0.05) is 34.3 Å². The van der Waals surface area contributed by atoms with Crippen molar-refractivity contribution in [2.24, 2.45) is 0 Å². The van der Waals surface area contributed by atoms with E-state index in [1.165, 1.54) is 6.07 Å². The molecule has 0 saturated carbocycles. The first kappa shape index (κ1) is 20.1. The highest BCUT2D eigenvalue weighted by molar-refractivity contribution is 7.98. The van der Waals surface area contributed by atoms with Crippen molar-refractivity contribution in [1.29, 1.82) is 0 Å². The Morgan fingerprint density at radius 2 is 2.04 bits per heavy atom. The van der Waals surface area contributed by atoms with Crippen LogP contribution in [0.4, 0.5) is 10.1 Å². The van der Waals surface area contributed by atoms with Gasteiger partial charge < -0.3 is 15.4 Å². The Morgan fingerprint density at radius 3 is 2.72 bits per heavy atom. The first-order chi connectivity index (χ1) is 12.0. The van der Waals surface area contributed by atoms with Crippen LogP contribution in [-0.4, -0.2) is 24.5 Å². The number of anilines is 1. The zero-order valence-corrected chi connectivity index (χ0v) is 16.6. The number of rotatable bonds is 7. The quantitative estimate of drug-likeness (QED) is 0.466. The zero-order chi connectivity index (χ0) is 18.2. The van der Waals surface area contributed by atoms with Crippen LogP contribution in [0.2, 0.25) is 10.0 Å². The third-order valence-corrected chi connectivity index (χ3v) is 5.13. The third kappa shape index (κ3) is 6.22. The van der Waals surface area contributed by atoms with Gasteiger partial charge in [0.2, 0.25) is 0 Å². The Labute approximate surface area is 166 Å². The van der Waals surface area contributed by atoms with Crippen LogP contribution in [0.1, 0.15) is 5.56 Å². The molecular formula is C17H17Cl2FN2OS2. The van der Waals surface area contributed by atoms with Gasteiger partial charge in [-0.25, -0.2) is 4.39 Å². The van der Waals surface area contributed by atoms with Gasteiger partial charge in [-0.15, -0.1) is 0 Å². The van der Waals surface area contributed by atoms with Gasteiger partial charge in [-0.1, -0.05) is 29.3 Å². The number of hydrogen-bond donors (Lipinski definition) is 2. The largest absolute Gasteiger partial charge is 0.495 e. The minimum absolute atomic E-state index is 0.276. The molecule has 0 aliphatic heterocycles. The van der Waals surface area contributed by atoms with E-state index in [4.69, 9.17) is 40.2 Å². The minimum atomic E-state index is -0.276. The Kier molecular flexibility index (Phi) is 8.09. The summed E-state index contributed by atoms with van der Waals surface area (Å²) in [6.07, 6.45) is 0. The van der Waals surface area contributed by atoms with E-state index in [-0.39, 0.29) is 5.82 Å². The van der Waals surface area contributed by atoms with Crippen molar-refractivity contribution in [3.63, 3.8) is 0 Å². The van der Waals surface area contributed by atoms with Crippen molar-refractivity contribution in [1.82, 2.24) is 5.32 Å². The Balaban J connectivity index is 1.71. The summed E-state index contributed by atoms with van der Waals surface area (Å²) in [5, 5.41) is 7.60. The number of ether oxygens (including phenoxy) is 1. The second kappa shape index (κ2) is 10.1. The van der Waals surface area contributed by atoms with E-state index in [1.54, 1.807) is 43.1 Å². The highest BCUT2D eigenvalue weighted by Crippen LogP contribution is 2.27. The monoisotopic (exact) mass is 418 g/mol. The maximum absolute atomic E-state index is 13.7. The normalized spacial score (nSPS) is 10.4. The predicted octanol–water partition coefficient (Wildman–Crippen LogP) is 5.36. The van der Waals surface area contributed by atoms with Gasteiger partial charge in [0.1, 0.15) is 11.6 Å². The smallest absolute Gasteiger partial charge is 0.170 e. The summed E-state index contributed by atoms with van der Waals surface area (Å²) in [5.41, 5.74) is 1.30. The van der Waals surface area contributed by atoms with Crippen molar-refractivity contribution in [2.75, 3.05) is 24.7 Å². The highest BCUT2D eigenvalue weighted by Gasteiger charge is 2.07. The molecule has 0 fully saturated rings. The maximum Gasteiger partial charge on any atom is 0.170 e. The zero-order valence-electron chi connectivity index (χ0n) is 13.4. The van der Waals surface area contributed by atoms with Crippen molar-refractivity contribution in [3.05, 3.63) is 57.8 Å². The molecule has 2 aromatic rings. The van der Waals surface area contributed by atoms with Gasteiger partial charge in [0.15, 0.2) is 5.11 Å². The fraction of sp³-hybridized carbons (Fsp3) is 0.235. The van der Waals surface area contributed by atoms with Gasteiger partial charge in [0.25, 0.3) is 0 Å². The molecule has 0 heterocycles. The molecule has 0 radical (unpaired) electrons. The molecule has 0 bridgehead atoms. The number of benzene rings is 2. The molecule has 0 unspecified atom stereocenters. The molecule has 2 rings (SSSR count). The van der Waals surface area contributed by atoms with Crippen molar-refractivity contribution in [3.8, 4) is 5.75 Å². The molecule has 0 aromatic heterocycles. The van der Waals surface area contributed by atoms with Crippen LogP contribution in [0.25, 0.3) is 0 Å². The Hall–Kier alpha value is -1.21. The van der Waals surface area contributed by atoms with Gasteiger partial charge in [-0.2, -0.15) is 11.8 Å². The summed E-state index contributed by atoms with van der Waals surface area (Å²) in [6.45, 7) is 0.645. The summed E-state index contributed by atoms with van der Waals surface area (Å²) < 4.78 is 18.8. The molecule has 0 amide bonds. The first-order valence-corrected chi connectivity index (χ1v) is 9.72. The van der Waals surface area contributed by atoms with E-state index in [2.05, 4.69) is 10.6 Å². The van der Waals surface area contributed by atoms with Crippen molar-refractivity contribution >= 4 is 58.0 Å². The van der Waals surface area contributed by atoms with Crippen LogP contribution in [0.5, 0.6) is 5.75 Å². The van der Waals surface area contributed by atoms with E-state index in [0.717, 1.165) is 11.4 Å². The lowest BCUT2D eigenvalue weighted by Crippen LogP contribution is -2.30. The van der Waals surface area contributed by atoms with E-state index in [0.29, 0.717) is 38.8 Å². The molecular weight excluding hydrogens is 402 g/mol. The standard InChI is InChI=1S/C17H17Cl2FN2OS2/c1-23-16-6-5-11(9-14(16)19)22-17(24)21-7-8-25-10-12-13(18)3-2-4-15(12)20/h2-6,9H,7-8,10H2,1H3,(H2,21,22,24). The summed E-state index contributed by atoms with van der Waals surface area (Å²) >= 11 is 18.9. The van der Waals surface area contributed by atoms with Crippen LogP contribution in [0, 0.1) is 5.82 Å². The molecule has 134 valence electrons. The highest BCUT2D eigenvalue weighted by atomic mass is 35.5. The molecule has 0 atom stereocenters. The molecule has 0 spiro atoms. The summed E-state index contributed by atoms with van der Waals surface area (Å²) in [5.74, 6) is 1.60. The number of nitrogens with one attached hydrogen (secondary N) is 2. The Morgan fingerprint density at radius 1 is 1.24 bits per heavy atom. The maximum atomic E-state index is 13.7. The number of hydrogen-bond acceptors (Lipinski definition) is 3. The fourth-order valence-electron chi connectivity index (χ4n) is 2.00. The van der Waals surface area contributed by atoms with Gasteiger partial charge in [0.05, 0.1) is 12.1 Å². The minimum Gasteiger partial charge on any atom is -0.495 e. The average Bonchev–Trinajstić information content (AvgIpc) is 2.57. The number of thiocarbonyl (C=S) groups is 1. The van der Waals surface area contributed by atoms with Crippen LogP contribution >= 0.6 is 47.2 Å². The van der Waals surface area contributed by atoms with Crippen LogP contribution in [0.15, 0.2) is 36.4 Å². The number of thioether (sulfide) groups is 1. The van der Waals surface area contributed by atoms with Crippen molar-refractivity contribution in [2.45, 2.75) is 5.75 Å². The Bertz CT molecular complexity index is 726. The van der Waals surface area contributed by atoms with Gasteiger partial charge in [-0.3, -0.25) is 0 Å². The van der Waals surface area contributed by atoms with Gasteiger partial charge in [-0.05, 0) is 42.5 Å². The SMILES string of the molecule is COc1ccc(NC(=S)NCCSCc2c(F)cccc2Cl)cc1Cl. The predicted molar refractivity (Wildman–Crippen MR) is 110 cm³/mol. The number of halogens is 3. The van der Waals surface area contributed by atoms with E-state index in [9.17, 15) is 4.39 Å². The van der Waals surface area contributed by atoms with Crippen LogP contribution in [0.3, 0.4) is 0 Å². The molecule has 8 heteroatoms. The van der Waals surface area contributed by atoms with E-state index >= 15 is 0 Å². The van der Waals surface area contributed by atoms with Crippen LogP contribution in [-0.2, 0) is 5.75 Å². The van der Waals surface area contributed by atoms with E-state index in [1.807, 2.05) is 6.07 Å². The first-order valence-electron chi connectivity index (χ1n) is 7.40. The number of methoxy groups -OCH3 is 1. The molecule has 0 saturated heterocycles. The second-order valence-corrected chi connectivity index (χ2v) is 7.31. The summed E-state index contributed by atoms with van der Waals surface area (Å²) in [4.78, 5) is 0. The second-order valence-electron chi connectivity index (χ2n) is 4.98. The van der Waals surface area contributed by atoms with Crippen molar-refractivity contribution < 1.29 is 9.13 Å². The lowest BCUT2D eigenvalue weighted by atomic mass is 10.2. The van der Waals surface area contributed by atoms with Gasteiger partial charge >= 0.3 is 0 Å². The molecule has 0 aliphatic rings. The summed E-state index contributed by atoms with van der Waals surface area (Å²) in [6, 6.07) is 10.0. The van der Waals surface area contributed by atoms with Crippen LogP contribution < -0.4 is 15.4 Å². The molecule has 0 aliphatic carbocycles. The molecule has 3 nitrogen and oxygen atoms in total. The lowest BCUT2D eigenvalue weighted by Gasteiger charge is -2.12. The lowest BCUT2D eigenvalue weighted by molar-refractivity contribution is 0.415. The average molecular weight is 419 g/mol. The molecule has 2 aromatic carbocycles. The summed E-state index contributed by atoms with van der Waals surface area (Å²) in [7, 11) is 1.56. The molecule has 25 heavy (non-hydrogen) atoms. The topological polar surface area (TPSA) is 33.3 Å². The fourth-order valence-corrected chi connectivity index (χ4v) is 3.68.